The van der Waals surface area contributed by atoms with Crippen LogP contribution in [0.5, 0.6) is 0 Å². The molecular weight excluding hydrogens is 379 g/mol. The Kier molecular flexibility index (Phi) is 3.65. The highest BCUT2D eigenvalue weighted by Gasteiger charge is 2.65. The second-order valence-corrected chi connectivity index (χ2v) is 7.24. The molecular formula is C13H21IO6. The molecule has 3 rings (SSSR count). The van der Waals surface area contributed by atoms with Crippen LogP contribution in [0.25, 0.3) is 0 Å². The minimum atomic E-state index is -1.15. The van der Waals surface area contributed by atoms with Gasteiger partial charge in [0.1, 0.15) is 23.9 Å². The van der Waals surface area contributed by atoms with Crippen molar-refractivity contribution in [2.75, 3.05) is 11.0 Å². The minimum absolute atomic E-state index is 0.328. The van der Waals surface area contributed by atoms with Crippen LogP contribution in [0.4, 0.5) is 0 Å². The van der Waals surface area contributed by atoms with Crippen LogP contribution in [-0.2, 0) is 23.7 Å². The quantitative estimate of drug-likeness (QED) is 0.555. The Hall–Kier alpha value is 0.490. The van der Waals surface area contributed by atoms with Gasteiger partial charge >= 0.3 is 0 Å². The van der Waals surface area contributed by atoms with Crippen LogP contribution in [0.2, 0.25) is 0 Å². The Morgan fingerprint density at radius 1 is 1.05 bits per heavy atom. The van der Waals surface area contributed by atoms with Crippen molar-refractivity contribution in [1.29, 1.82) is 0 Å². The first-order valence-electron chi connectivity index (χ1n) is 6.78. The van der Waals surface area contributed by atoms with Gasteiger partial charge < -0.3 is 28.8 Å². The predicted octanol–water partition coefficient (Wildman–Crippen LogP) is 1.18. The van der Waals surface area contributed by atoms with Crippen LogP contribution in [0.1, 0.15) is 27.7 Å². The van der Waals surface area contributed by atoms with Crippen LogP contribution < -0.4 is 0 Å². The molecule has 0 spiro atoms. The molecule has 7 heteroatoms. The molecule has 0 bridgehead atoms. The van der Waals surface area contributed by atoms with Crippen molar-refractivity contribution < 1.29 is 28.8 Å². The number of aliphatic hydroxyl groups is 1. The Balaban J connectivity index is 1.81. The van der Waals surface area contributed by atoms with E-state index in [4.69, 9.17) is 23.7 Å². The SMILES string of the molecule is CC1(C)OC[C@H]([C@H]2O[C@@H]3OC(C)(C)O[C@@H]3[C@@]2(O)CI)O1. The first-order chi connectivity index (χ1) is 9.17. The summed E-state index contributed by atoms with van der Waals surface area (Å²) in [6.45, 7) is 7.72. The van der Waals surface area contributed by atoms with Gasteiger partial charge in [-0.05, 0) is 27.7 Å². The molecule has 116 valence electrons. The molecule has 0 amide bonds. The van der Waals surface area contributed by atoms with Gasteiger partial charge in [-0.2, -0.15) is 0 Å². The average molecular weight is 400 g/mol. The summed E-state index contributed by atoms with van der Waals surface area (Å²) in [5.74, 6) is -1.40. The van der Waals surface area contributed by atoms with Crippen molar-refractivity contribution in [3.8, 4) is 0 Å². The average Bonchev–Trinajstić information content (AvgIpc) is 2.91. The lowest BCUT2D eigenvalue weighted by Gasteiger charge is -2.34. The summed E-state index contributed by atoms with van der Waals surface area (Å²) in [5, 5.41) is 11.0. The van der Waals surface area contributed by atoms with Gasteiger partial charge in [-0.3, -0.25) is 0 Å². The zero-order chi connectivity index (χ0) is 14.8. The van der Waals surface area contributed by atoms with Gasteiger partial charge in [-0.1, -0.05) is 22.6 Å². The Labute approximate surface area is 132 Å². The van der Waals surface area contributed by atoms with Crippen molar-refractivity contribution in [2.45, 2.75) is 69.5 Å². The van der Waals surface area contributed by atoms with E-state index in [0.29, 0.717) is 11.0 Å². The number of hydrogen-bond donors (Lipinski definition) is 1. The molecule has 1 N–H and O–H groups in total. The monoisotopic (exact) mass is 400 g/mol. The third-order valence-corrected chi connectivity index (χ3v) is 5.13. The predicted molar refractivity (Wildman–Crippen MR) is 77.4 cm³/mol. The molecule has 0 radical (unpaired) electrons. The fourth-order valence-corrected chi connectivity index (χ4v) is 3.89. The number of alkyl halides is 1. The van der Waals surface area contributed by atoms with Gasteiger partial charge in [0.25, 0.3) is 0 Å². The smallest absolute Gasteiger partial charge is 0.190 e. The molecule has 3 heterocycles. The van der Waals surface area contributed by atoms with Crippen molar-refractivity contribution >= 4 is 22.6 Å². The van der Waals surface area contributed by atoms with E-state index in [0.717, 1.165) is 0 Å². The van der Waals surface area contributed by atoms with Gasteiger partial charge in [-0.15, -0.1) is 0 Å². The molecule has 3 saturated heterocycles. The normalized spacial score (nSPS) is 49.5. The van der Waals surface area contributed by atoms with Gasteiger partial charge in [0.05, 0.1) is 6.61 Å². The number of rotatable bonds is 2. The largest absolute Gasteiger partial charge is 0.383 e. The number of ether oxygens (including phenoxy) is 5. The van der Waals surface area contributed by atoms with E-state index in [1.165, 1.54) is 0 Å². The zero-order valence-electron chi connectivity index (χ0n) is 12.1. The second-order valence-electron chi connectivity index (χ2n) is 6.47. The van der Waals surface area contributed by atoms with E-state index in [1.807, 2.05) is 27.7 Å². The molecule has 0 unspecified atom stereocenters. The molecule has 0 saturated carbocycles. The van der Waals surface area contributed by atoms with Crippen LogP contribution in [-0.4, -0.2) is 57.9 Å². The molecule has 6 nitrogen and oxygen atoms in total. The molecule has 3 fully saturated rings. The van der Waals surface area contributed by atoms with Gasteiger partial charge in [0, 0.05) is 4.43 Å². The molecule has 3 aliphatic heterocycles. The van der Waals surface area contributed by atoms with E-state index < -0.39 is 35.7 Å². The maximum Gasteiger partial charge on any atom is 0.190 e. The lowest BCUT2D eigenvalue weighted by Crippen LogP contribution is -2.55. The third kappa shape index (κ3) is 2.41. The highest BCUT2D eigenvalue weighted by atomic mass is 127. The van der Waals surface area contributed by atoms with Crippen LogP contribution in [0.3, 0.4) is 0 Å². The Morgan fingerprint density at radius 2 is 1.75 bits per heavy atom. The van der Waals surface area contributed by atoms with E-state index in [2.05, 4.69) is 22.6 Å². The van der Waals surface area contributed by atoms with Gasteiger partial charge in [0.2, 0.25) is 0 Å². The highest BCUT2D eigenvalue weighted by molar-refractivity contribution is 14.1. The molecule has 0 aromatic heterocycles. The van der Waals surface area contributed by atoms with Crippen LogP contribution in [0.15, 0.2) is 0 Å². The van der Waals surface area contributed by atoms with E-state index in [1.54, 1.807) is 0 Å². The number of fused-ring (bicyclic) bond motifs is 1. The molecule has 5 atom stereocenters. The Bertz CT molecular complexity index is 400. The lowest BCUT2D eigenvalue weighted by atomic mass is 9.91. The van der Waals surface area contributed by atoms with Crippen LogP contribution in [0, 0.1) is 0 Å². The summed E-state index contributed by atoms with van der Waals surface area (Å²) in [5.41, 5.74) is -1.15. The number of halogens is 1. The van der Waals surface area contributed by atoms with E-state index in [-0.39, 0.29) is 6.10 Å². The van der Waals surface area contributed by atoms with Crippen molar-refractivity contribution in [3.63, 3.8) is 0 Å². The summed E-state index contributed by atoms with van der Waals surface area (Å²) in [4.78, 5) is 0. The van der Waals surface area contributed by atoms with Gasteiger partial charge in [-0.25, -0.2) is 0 Å². The maximum atomic E-state index is 11.0. The lowest BCUT2D eigenvalue weighted by molar-refractivity contribution is -0.244. The first kappa shape index (κ1) is 15.4. The minimum Gasteiger partial charge on any atom is -0.383 e. The highest BCUT2D eigenvalue weighted by Crippen LogP contribution is 2.46. The standard InChI is InChI=1S/C13H21IO6/c1-11(2)16-5-7(18-11)8-13(15,6-14)9-10(17-8)20-12(3,4)19-9/h7-10,15H,5-6H2,1-4H3/t7-,8-,9+,10-,13-/m1/s1. The summed E-state index contributed by atoms with van der Waals surface area (Å²) in [7, 11) is 0. The van der Waals surface area contributed by atoms with E-state index in [9.17, 15) is 5.11 Å². The molecule has 0 aromatic carbocycles. The van der Waals surface area contributed by atoms with Crippen molar-refractivity contribution in [1.82, 2.24) is 0 Å². The molecule has 0 aliphatic carbocycles. The van der Waals surface area contributed by atoms with Crippen molar-refractivity contribution in [2.24, 2.45) is 0 Å². The maximum absolute atomic E-state index is 11.0. The number of hydrogen-bond acceptors (Lipinski definition) is 6. The fraction of sp³-hybridized carbons (Fsp3) is 1.00. The third-order valence-electron chi connectivity index (χ3n) is 3.91. The van der Waals surface area contributed by atoms with Crippen molar-refractivity contribution in [3.05, 3.63) is 0 Å². The summed E-state index contributed by atoms with van der Waals surface area (Å²) < 4.78 is 29.3. The molecule has 3 aliphatic rings. The fourth-order valence-electron chi connectivity index (χ4n) is 3.02. The zero-order valence-corrected chi connectivity index (χ0v) is 14.2. The van der Waals surface area contributed by atoms with Crippen LogP contribution >= 0.6 is 22.6 Å². The van der Waals surface area contributed by atoms with E-state index >= 15 is 0 Å². The van der Waals surface area contributed by atoms with Gasteiger partial charge in [0.15, 0.2) is 17.9 Å². The summed E-state index contributed by atoms with van der Waals surface area (Å²) in [6, 6.07) is 0. The Morgan fingerprint density at radius 3 is 2.30 bits per heavy atom. The molecule has 20 heavy (non-hydrogen) atoms. The topological polar surface area (TPSA) is 66.4 Å². The second kappa shape index (κ2) is 4.74. The first-order valence-corrected chi connectivity index (χ1v) is 8.31. The summed E-state index contributed by atoms with van der Waals surface area (Å²) in [6.07, 6.45) is -1.92. The summed E-state index contributed by atoms with van der Waals surface area (Å²) >= 11 is 2.14. The molecule has 0 aromatic rings.